The molecular weight excluding hydrogens is 594 g/mol. The van der Waals surface area contributed by atoms with Crippen LogP contribution in [-0.2, 0) is 0 Å². The van der Waals surface area contributed by atoms with Gasteiger partial charge in [0, 0.05) is 78.3 Å². The zero-order valence-corrected chi connectivity index (χ0v) is 28.6. The van der Waals surface area contributed by atoms with E-state index in [-0.39, 0.29) is 0 Å². The lowest BCUT2D eigenvalue weighted by Gasteiger charge is -2.22. The second-order valence-electron chi connectivity index (χ2n) is 12.3. The van der Waals surface area contributed by atoms with Gasteiger partial charge in [0.15, 0.2) is 0 Å². The second-order valence-corrected chi connectivity index (χ2v) is 12.3. The minimum atomic E-state index is 0.477. The first kappa shape index (κ1) is 31.2. The minimum Gasteiger partial charge on any atom is -0.456 e. The van der Waals surface area contributed by atoms with Crippen molar-refractivity contribution in [1.82, 2.24) is 14.8 Å². The Labute approximate surface area is 281 Å². The van der Waals surface area contributed by atoms with Crippen LogP contribution in [-0.4, -0.2) is 50.5 Å². The standard InChI is InChI=1S/C41H42N5O2/c1-7-45(8-2)31-19-21-35-37(25-31)47-38-26-32(46(9-3)10-4)20-22-36(38)39(35)33-13-11-12-14-34(33)41-43-42-40(48-41)29-16-15-28-24-30(44(5)6)18-17-27(28)23-29/h11-26H,7-10H2,1-6H3/q+1. The summed E-state index contributed by atoms with van der Waals surface area (Å²) in [5, 5.41) is 13.6. The summed E-state index contributed by atoms with van der Waals surface area (Å²) in [5.41, 5.74) is 8.04. The minimum absolute atomic E-state index is 0.477. The first-order chi connectivity index (χ1) is 23.4. The zero-order chi connectivity index (χ0) is 33.4. The van der Waals surface area contributed by atoms with Gasteiger partial charge in [-0.1, -0.05) is 30.3 Å². The number of nitrogens with zero attached hydrogens (tertiary/aromatic N) is 5. The number of benzene rings is 5. The molecule has 0 saturated heterocycles. The van der Waals surface area contributed by atoms with Crippen LogP contribution in [0, 0.1) is 0 Å². The van der Waals surface area contributed by atoms with Crippen LogP contribution in [0.15, 0.2) is 106 Å². The lowest BCUT2D eigenvalue weighted by Crippen LogP contribution is -2.29. The summed E-state index contributed by atoms with van der Waals surface area (Å²) in [6.45, 7) is 12.4. The molecule has 7 heteroatoms. The molecule has 48 heavy (non-hydrogen) atoms. The first-order valence-electron chi connectivity index (χ1n) is 16.9. The van der Waals surface area contributed by atoms with Crippen molar-refractivity contribution in [3.8, 4) is 45.4 Å². The van der Waals surface area contributed by atoms with Gasteiger partial charge in [0.2, 0.25) is 17.1 Å². The van der Waals surface area contributed by atoms with Crippen molar-refractivity contribution in [2.45, 2.75) is 27.7 Å². The van der Waals surface area contributed by atoms with Crippen molar-refractivity contribution in [2.24, 2.45) is 0 Å². The molecule has 0 saturated carbocycles. The molecule has 0 radical (unpaired) electrons. The maximum atomic E-state index is 6.72. The molecule has 2 aliphatic rings. The van der Waals surface area contributed by atoms with Crippen LogP contribution in [0.25, 0.3) is 67.1 Å². The summed E-state index contributed by atoms with van der Waals surface area (Å²) in [6, 6.07) is 34.1. The molecular formula is C41H42N5O2+. The van der Waals surface area contributed by atoms with Crippen LogP contribution in [0.1, 0.15) is 27.7 Å². The summed E-state index contributed by atoms with van der Waals surface area (Å²) in [7, 11) is 4.10. The summed E-state index contributed by atoms with van der Waals surface area (Å²) in [5.74, 6) is 1.81. The highest BCUT2D eigenvalue weighted by Gasteiger charge is 2.23. The molecule has 0 fully saturated rings. The summed E-state index contributed by atoms with van der Waals surface area (Å²) >= 11 is 0. The van der Waals surface area contributed by atoms with Gasteiger partial charge in [-0.05, 0) is 92.6 Å². The molecule has 1 aliphatic heterocycles. The Morgan fingerprint density at radius 3 is 2.08 bits per heavy atom. The molecule has 2 heterocycles. The number of aromatic nitrogens is 2. The van der Waals surface area contributed by atoms with Crippen molar-refractivity contribution >= 4 is 33.1 Å². The van der Waals surface area contributed by atoms with Gasteiger partial charge in [-0.2, -0.15) is 0 Å². The smallest absolute Gasteiger partial charge is 0.248 e. The van der Waals surface area contributed by atoms with Crippen molar-refractivity contribution in [3.63, 3.8) is 0 Å². The van der Waals surface area contributed by atoms with E-state index in [1.165, 1.54) is 0 Å². The fourth-order valence-electron chi connectivity index (χ4n) is 6.71. The quantitative estimate of drug-likeness (QED) is 0.117. The number of anilines is 2. The molecule has 0 atom stereocenters. The molecule has 242 valence electrons. The van der Waals surface area contributed by atoms with Crippen molar-refractivity contribution in [1.29, 1.82) is 0 Å². The van der Waals surface area contributed by atoms with E-state index in [4.69, 9.17) is 8.83 Å². The Balaban J connectivity index is 1.40. The molecule has 0 spiro atoms. The van der Waals surface area contributed by atoms with E-state index in [2.05, 4.69) is 151 Å². The molecule has 0 bridgehead atoms. The average molecular weight is 637 g/mol. The molecule has 0 amide bonds. The van der Waals surface area contributed by atoms with Gasteiger partial charge in [-0.25, -0.2) is 4.58 Å². The van der Waals surface area contributed by atoms with E-state index in [1.807, 2.05) is 12.1 Å². The fraction of sp³-hybridized carbons (Fsp3) is 0.244. The highest BCUT2D eigenvalue weighted by molar-refractivity contribution is 6.05. The van der Waals surface area contributed by atoms with E-state index in [0.717, 1.165) is 98.2 Å². The lowest BCUT2D eigenvalue weighted by atomic mass is 9.90. The molecule has 0 unspecified atom stereocenters. The van der Waals surface area contributed by atoms with Crippen LogP contribution in [0.5, 0.6) is 0 Å². The largest absolute Gasteiger partial charge is 0.456 e. The van der Waals surface area contributed by atoms with Gasteiger partial charge in [0.25, 0.3) is 0 Å². The van der Waals surface area contributed by atoms with E-state index >= 15 is 0 Å². The normalized spacial score (nSPS) is 11.5. The van der Waals surface area contributed by atoms with Crippen LogP contribution in [0.2, 0.25) is 0 Å². The summed E-state index contributed by atoms with van der Waals surface area (Å²) < 4.78 is 15.5. The molecule has 4 aromatic carbocycles. The van der Waals surface area contributed by atoms with Gasteiger partial charge in [-0.3, -0.25) is 0 Å². The van der Waals surface area contributed by atoms with E-state index in [1.54, 1.807) is 0 Å². The summed E-state index contributed by atoms with van der Waals surface area (Å²) in [6.07, 6.45) is 0. The highest BCUT2D eigenvalue weighted by Crippen LogP contribution is 2.44. The third-order valence-corrected chi connectivity index (χ3v) is 9.39. The predicted molar refractivity (Wildman–Crippen MR) is 199 cm³/mol. The zero-order valence-electron chi connectivity index (χ0n) is 28.6. The maximum Gasteiger partial charge on any atom is 0.248 e. The van der Waals surface area contributed by atoms with Crippen LogP contribution in [0.4, 0.5) is 11.4 Å². The first-order valence-corrected chi connectivity index (χ1v) is 16.9. The van der Waals surface area contributed by atoms with Crippen LogP contribution < -0.4 is 19.7 Å². The third-order valence-electron chi connectivity index (χ3n) is 9.39. The Morgan fingerprint density at radius 1 is 0.625 bits per heavy atom. The Hall–Kier alpha value is -5.43. The van der Waals surface area contributed by atoms with Gasteiger partial charge >= 0.3 is 0 Å². The van der Waals surface area contributed by atoms with Crippen molar-refractivity contribution in [2.75, 3.05) is 50.1 Å². The van der Waals surface area contributed by atoms with Gasteiger partial charge < -0.3 is 18.6 Å². The number of fused-ring (bicyclic) bond motifs is 3. The van der Waals surface area contributed by atoms with Crippen molar-refractivity contribution < 1.29 is 8.83 Å². The maximum absolute atomic E-state index is 6.72. The summed E-state index contributed by atoms with van der Waals surface area (Å²) in [4.78, 5) is 4.45. The molecule has 7 rings (SSSR count). The Bertz CT molecular complexity index is 2290. The highest BCUT2D eigenvalue weighted by atomic mass is 16.4. The van der Waals surface area contributed by atoms with E-state index in [0.29, 0.717) is 11.8 Å². The van der Waals surface area contributed by atoms with Gasteiger partial charge in [-0.15, -0.1) is 10.2 Å². The molecule has 5 aromatic rings. The van der Waals surface area contributed by atoms with E-state index in [9.17, 15) is 0 Å². The molecule has 0 N–H and O–H groups in total. The SMILES string of the molecule is CCN(CC)c1ccc2c(-c3ccccc3-c3nnc(-c4ccc5cc(N(C)C)ccc5c4)o3)c3ccc(=[N+](CC)CC)cc-3oc2c1. The molecule has 1 aliphatic carbocycles. The number of hydrogen-bond acceptors (Lipinski definition) is 6. The Morgan fingerprint density at radius 2 is 1.33 bits per heavy atom. The lowest BCUT2D eigenvalue weighted by molar-refractivity contribution is 0.585. The fourth-order valence-corrected chi connectivity index (χ4v) is 6.71. The number of rotatable bonds is 9. The second kappa shape index (κ2) is 13.0. The molecule has 7 nitrogen and oxygen atoms in total. The monoisotopic (exact) mass is 636 g/mol. The van der Waals surface area contributed by atoms with E-state index < -0.39 is 0 Å². The van der Waals surface area contributed by atoms with Crippen LogP contribution in [0.3, 0.4) is 0 Å². The van der Waals surface area contributed by atoms with Crippen LogP contribution >= 0.6 is 0 Å². The molecule has 1 aromatic heterocycles. The Kier molecular flexibility index (Phi) is 8.44. The average Bonchev–Trinajstić information content (AvgIpc) is 3.61. The van der Waals surface area contributed by atoms with Gasteiger partial charge in [0.1, 0.15) is 24.4 Å². The van der Waals surface area contributed by atoms with Gasteiger partial charge in [0.05, 0.1) is 6.07 Å². The van der Waals surface area contributed by atoms with Crippen molar-refractivity contribution in [3.05, 3.63) is 102 Å². The third kappa shape index (κ3) is 5.59. The topological polar surface area (TPSA) is 61.6 Å². The number of hydrogen-bond donors (Lipinski definition) is 0. The predicted octanol–water partition coefficient (Wildman–Crippen LogP) is 8.80.